The van der Waals surface area contributed by atoms with Crippen molar-refractivity contribution in [1.82, 2.24) is 10.2 Å². The molecule has 156 valence electrons. The van der Waals surface area contributed by atoms with Gasteiger partial charge in [0.05, 0.1) is 25.8 Å². The molecule has 2 aromatic rings. The summed E-state index contributed by atoms with van der Waals surface area (Å²) in [5, 5.41) is 16.5. The number of methoxy groups -OCH3 is 1. The SMILES string of the molecule is COc1cccc(NC(=O)N2[C@H](CO)[C@H](c3ccccc3)[C@H]2CNCC(C)C)c1. The van der Waals surface area contributed by atoms with Crippen LogP contribution in [0.15, 0.2) is 54.6 Å². The number of hydrogen-bond acceptors (Lipinski definition) is 4. The number of carbonyl (C=O) groups excluding carboxylic acids is 1. The number of nitrogens with one attached hydrogen (secondary N) is 2. The zero-order valence-electron chi connectivity index (χ0n) is 17.3. The molecule has 1 saturated heterocycles. The molecule has 6 nitrogen and oxygen atoms in total. The molecule has 2 aromatic carbocycles. The van der Waals surface area contributed by atoms with Crippen molar-refractivity contribution in [2.45, 2.75) is 31.8 Å². The Kier molecular flexibility index (Phi) is 7.12. The standard InChI is InChI=1S/C23H31N3O3/c1-16(2)13-24-14-20-22(17-8-5-4-6-9-17)21(15-27)26(20)23(28)25-18-10-7-11-19(12-18)29-3/h4-12,16,20-22,24,27H,13-15H2,1-3H3,(H,25,28)/t20-,21-,22-/m1/s1. The van der Waals surface area contributed by atoms with Crippen molar-refractivity contribution in [1.29, 1.82) is 0 Å². The molecule has 0 spiro atoms. The Labute approximate surface area is 172 Å². The fourth-order valence-electron chi connectivity index (χ4n) is 4.00. The lowest BCUT2D eigenvalue weighted by Gasteiger charge is -2.54. The monoisotopic (exact) mass is 397 g/mol. The first-order chi connectivity index (χ1) is 14.0. The van der Waals surface area contributed by atoms with Gasteiger partial charge in [0.25, 0.3) is 0 Å². The lowest BCUT2D eigenvalue weighted by atomic mass is 9.75. The van der Waals surface area contributed by atoms with Gasteiger partial charge >= 0.3 is 6.03 Å². The largest absolute Gasteiger partial charge is 0.497 e. The molecule has 1 heterocycles. The van der Waals surface area contributed by atoms with Crippen LogP contribution in [0.25, 0.3) is 0 Å². The molecule has 2 amide bonds. The Balaban J connectivity index is 1.78. The van der Waals surface area contributed by atoms with E-state index in [2.05, 4.69) is 36.6 Å². The topological polar surface area (TPSA) is 73.8 Å². The Morgan fingerprint density at radius 3 is 2.55 bits per heavy atom. The van der Waals surface area contributed by atoms with E-state index in [0.717, 1.165) is 12.1 Å². The number of anilines is 1. The van der Waals surface area contributed by atoms with Gasteiger partial charge in [0.2, 0.25) is 0 Å². The number of rotatable bonds is 8. The predicted molar refractivity (Wildman–Crippen MR) is 115 cm³/mol. The molecule has 0 saturated carbocycles. The maximum atomic E-state index is 13.1. The summed E-state index contributed by atoms with van der Waals surface area (Å²) in [5.74, 6) is 1.30. The molecule has 3 rings (SSSR count). The molecular formula is C23H31N3O3. The third kappa shape index (κ3) is 4.89. The van der Waals surface area contributed by atoms with Crippen LogP contribution in [0.3, 0.4) is 0 Å². The van der Waals surface area contributed by atoms with E-state index in [1.54, 1.807) is 18.1 Å². The number of amides is 2. The van der Waals surface area contributed by atoms with Gasteiger partial charge in [-0.15, -0.1) is 0 Å². The van der Waals surface area contributed by atoms with Gasteiger partial charge in [-0.25, -0.2) is 4.79 Å². The summed E-state index contributed by atoms with van der Waals surface area (Å²) in [4.78, 5) is 14.9. The van der Waals surface area contributed by atoms with Crippen molar-refractivity contribution in [3.8, 4) is 5.75 Å². The van der Waals surface area contributed by atoms with Gasteiger partial charge in [-0.3, -0.25) is 0 Å². The average Bonchev–Trinajstić information content (AvgIpc) is 2.70. The fourth-order valence-corrected chi connectivity index (χ4v) is 4.00. The lowest BCUT2D eigenvalue weighted by molar-refractivity contribution is -0.00252. The van der Waals surface area contributed by atoms with E-state index in [1.165, 1.54) is 0 Å². The zero-order valence-corrected chi connectivity index (χ0v) is 17.3. The van der Waals surface area contributed by atoms with Crippen LogP contribution >= 0.6 is 0 Å². The minimum atomic E-state index is -0.256. The van der Waals surface area contributed by atoms with E-state index < -0.39 is 0 Å². The normalized spacial score (nSPS) is 21.0. The molecular weight excluding hydrogens is 366 g/mol. The van der Waals surface area contributed by atoms with E-state index in [1.807, 2.05) is 36.4 Å². The minimum absolute atomic E-state index is 0.0288. The number of nitrogens with zero attached hydrogens (tertiary/aromatic N) is 1. The summed E-state index contributed by atoms with van der Waals surface area (Å²) >= 11 is 0. The molecule has 0 aliphatic carbocycles. The second kappa shape index (κ2) is 9.76. The van der Waals surface area contributed by atoms with Crippen LogP contribution in [-0.4, -0.2) is 54.9 Å². The summed E-state index contributed by atoms with van der Waals surface area (Å²) in [6.07, 6.45) is 0. The quantitative estimate of drug-likeness (QED) is 0.639. The molecule has 3 atom stereocenters. The molecule has 6 heteroatoms. The van der Waals surface area contributed by atoms with Gasteiger partial charge in [-0.05, 0) is 30.2 Å². The molecule has 0 unspecified atom stereocenters. The van der Waals surface area contributed by atoms with Gasteiger partial charge in [0, 0.05) is 24.2 Å². The zero-order chi connectivity index (χ0) is 20.8. The Bertz CT molecular complexity index is 797. The highest BCUT2D eigenvalue weighted by Crippen LogP contribution is 2.40. The van der Waals surface area contributed by atoms with Crippen molar-refractivity contribution in [2.24, 2.45) is 5.92 Å². The van der Waals surface area contributed by atoms with E-state index in [4.69, 9.17) is 4.74 Å². The Morgan fingerprint density at radius 1 is 1.14 bits per heavy atom. The molecule has 29 heavy (non-hydrogen) atoms. The third-order valence-electron chi connectivity index (χ3n) is 5.38. The number of benzene rings is 2. The van der Waals surface area contributed by atoms with Gasteiger partial charge < -0.3 is 25.4 Å². The Hall–Kier alpha value is -2.57. The second-order valence-electron chi connectivity index (χ2n) is 7.88. The maximum Gasteiger partial charge on any atom is 0.322 e. The highest BCUT2D eigenvalue weighted by molar-refractivity contribution is 5.91. The number of aliphatic hydroxyl groups is 1. The summed E-state index contributed by atoms with van der Waals surface area (Å²) in [6.45, 7) is 5.80. The highest BCUT2D eigenvalue weighted by Gasteiger charge is 2.50. The van der Waals surface area contributed by atoms with E-state index >= 15 is 0 Å². The van der Waals surface area contributed by atoms with Crippen LogP contribution < -0.4 is 15.4 Å². The van der Waals surface area contributed by atoms with E-state index in [0.29, 0.717) is 23.9 Å². The number of hydrogen-bond donors (Lipinski definition) is 3. The molecule has 0 radical (unpaired) electrons. The maximum absolute atomic E-state index is 13.1. The molecule has 1 aliphatic rings. The fraction of sp³-hybridized carbons (Fsp3) is 0.435. The molecule has 3 N–H and O–H groups in total. The van der Waals surface area contributed by atoms with Gasteiger partial charge in [0.15, 0.2) is 0 Å². The van der Waals surface area contributed by atoms with E-state index in [-0.39, 0.29) is 30.6 Å². The highest BCUT2D eigenvalue weighted by atomic mass is 16.5. The van der Waals surface area contributed by atoms with Crippen molar-refractivity contribution in [2.75, 3.05) is 32.1 Å². The van der Waals surface area contributed by atoms with Gasteiger partial charge in [0.1, 0.15) is 5.75 Å². The third-order valence-corrected chi connectivity index (χ3v) is 5.38. The van der Waals surface area contributed by atoms with Gasteiger partial charge in [-0.2, -0.15) is 0 Å². The first-order valence-electron chi connectivity index (χ1n) is 10.1. The average molecular weight is 398 g/mol. The summed E-state index contributed by atoms with van der Waals surface area (Å²) in [7, 11) is 1.60. The molecule has 1 fully saturated rings. The smallest absolute Gasteiger partial charge is 0.322 e. The minimum Gasteiger partial charge on any atom is -0.497 e. The summed E-state index contributed by atoms with van der Waals surface area (Å²) in [6, 6.07) is 16.9. The summed E-state index contributed by atoms with van der Waals surface area (Å²) in [5.41, 5.74) is 1.82. The van der Waals surface area contributed by atoms with E-state index in [9.17, 15) is 9.90 Å². The number of likely N-dealkylation sites (tertiary alicyclic amines) is 1. The predicted octanol–water partition coefficient (Wildman–Crippen LogP) is 3.30. The Morgan fingerprint density at radius 2 is 1.90 bits per heavy atom. The van der Waals surface area contributed by atoms with Crippen LogP contribution in [-0.2, 0) is 0 Å². The first-order valence-corrected chi connectivity index (χ1v) is 10.1. The van der Waals surface area contributed by atoms with Gasteiger partial charge in [-0.1, -0.05) is 50.2 Å². The molecule has 0 bridgehead atoms. The van der Waals surface area contributed by atoms with Crippen LogP contribution in [0.4, 0.5) is 10.5 Å². The first kappa shape index (κ1) is 21.1. The van der Waals surface area contributed by atoms with Crippen LogP contribution in [0.1, 0.15) is 25.3 Å². The second-order valence-corrected chi connectivity index (χ2v) is 7.88. The lowest BCUT2D eigenvalue weighted by Crippen LogP contribution is -2.69. The van der Waals surface area contributed by atoms with Crippen molar-refractivity contribution >= 4 is 11.7 Å². The summed E-state index contributed by atoms with van der Waals surface area (Å²) < 4.78 is 5.24. The van der Waals surface area contributed by atoms with Crippen LogP contribution in [0.5, 0.6) is 5.75 Å². The molecule has 0 aromatic heterocycles. The number of urea groups is 1. The van der Waals surface area contributed by atoms with Crippen molar-refractivity contribution < 1.29 is 14.6 Å². The van der Waals surface area contributed by atoms with Crippen LogP contribution in [0, 0.1) is 5.92 Å². The molecule has 1 aliphatic heterocycles. The van der Waals surface area contributed by atoms with Crippen molar-refractivity contribution in [3.63, 3.8) is 0 Å². The van der Waals surface area contributed by atoms with Crippen LogP contribution in [0.2, 0.25) is 0 Å². The number of ether oxygens (including phenoxy) is 1. The number of carbonyl (C=O) groups is 1. The van der Waals surface area contributed by atoms with Crippen molar-refractivity contribution in [3.05, 3.63) is 60.2 Å². The number of aliphatic hydroxyl groups excluding tert-OH is 1.